The molecule has 10 rings (SSSR count). The number of imidazole rings is 1. The Bertz CT molecular complexity index is 2710. The van der Waals surface area contributed by atoms with Crippen LogP contribution in [-0.2, 0) is 0 Å². The third kappa shape index (κ3) is 2.92. The highest BCUT2D eigenvalue weighted by Gasteiger charge is 2.22. The van der Waals surface area contributed by atoms with Gasteiger partial charge >= 0.3 is 0 Å². The van der Waals surface area contributed by atoms with Crippen molar-refractivity contribution in [2.45, 2.75) is 0 Å². The third-order valence-corrected chi connectivity index (χ3v) is 9.07. The van der Waals surface area contributed by atoms with Gasteiger partial charge in [-0.3, -0.25) is 4.40 Å². The molecule has 0 aliphatic heterocycles. The molecule has 0 saturated carbocycles. The summed E-state index contributed by atoms with van der Waals surface area (Å²) in [5, 5.41) is 8.56. The minimum Gasteiger partial charge on any atom is -0.309 e. The van der Waals surface area contributed by atoms with Crippen LogP contribution in [0.2, 0.25) is 0 Å². The lowest BCUT2D eigenvalue weighted by molar-refractivity contribution is 1.17. The standard InChI is InChI=1S/C39H24N4/c1-3-11-25(12-4-1)42-33-18-10-8-16-31(33)35-34(42)22-21-28-30-20-19-29-27-15-7-9-17-32(27)43(26-13-5-2-6-14-26)38(29)37(30)41-24-23-40-39(41)36(28)35/h1-24H. The average molecular weight is 549 g/mol. The molecule has 0 N–H and O–H groups in total. The Morgan fingerprint density at radius 1 is 0.395 bits per heavy atom. The van der Waals surface area contributed by atoms with Crippen LogP contribution in [0.15, 0.2) is 146 Å². The maximum absolute atomic E-state index is 5.04. The Labute approximate surface area is 246 Å². The lowest BCUT2D eigenvalue weighted by atomic mass is 9.99. The van der Waals surface area contributed by atoms with Gasteiger partial charge in [-0.1, -0.05) is 91.0 Å². The summed E-state index contributed by atoms with van der Waals surface area (Å²) in [6.07, 6.45) is 4.07. The fourth-order valence-electron chi connectivity index (χ4n) is 7.39. The summed E-state index contributed by atoms with van der Waals surface area (Å²) in [6.45, 7) is 0. The highest BCUT2D eigenvalue weighted by Crippen LogP contribution is 2.43. The molecular weight excluding hydrogens is 524 g/mol. The summed E-state index contributed by atoms with van der Waals surface area (Å²) in [5.41, 5.74) is 9.22. The zero-order chi connectivity index (χ0) is 28.1. The van der Waals surface area contributed by atoms with Crippen molar-refractivity contribution in [1.29, 1.82) is 0 Å². The summed E-state index contributed by atoms with van der Waals surface area (Å²) in [5.74, 6) is 0. The largest absolute Gasteiger partial charge is 0.309 e. The first-order valence-electron chi connectivity index (χ1n) is 14.7. The third-order valence-electron chi connectivity index (χ3n) is 9.07. The molecule has 43 heavy (non-hydrogen) atoms. The van der Waals surface area contributed by atoms with E-state index in [1.807, 2.05) is 6.20 Å². The molecule has 0 saturated heterocycles. The van der Waals surface area contributed by atoms with E-state index in [2.05, 4.69) is 153 Å². The van der Waals surface area contributed by atoms with Gasteiger partial charge in [-0.2, -0.15) is 0 Å². The van der Waals surface area contributed by atoms with Gasteiger partial charge in [0.2, 0.25) is 0 Å². The van der Waals surface area contributed by atoms with Crippen LogP contribution in [0.4, 0.5) is 0 Å². The van der Waals surface area contributed by atoms with Crippen LogP contribution in [0.5, 0.6) is 0 Å². The van der Waals surface area contributed by atoms with E-state index in [0.29, 0.717) is 0 Å². The van der Waals surface area contributed by atoms with Crippen molar-refractivity contribution < 1.29 is 0 Å². The van der Waals surface area contributed by atoms with Crippen LogP contribution in [0.1, 0.15) is 0 Å². The molecule has 0 bridgehead atoms. The van der Waals surface area contributed by atoms with Crippen LogP contribution < -0.4 is 0 Å². The summed E-state index contributed by atoms with van der Waals surface area (Å²) in [4.78, 5) is 5.04. The minimum absolute atomic E-state index is 0.974. The van der Waals surface area contributed by atoms with E-state index in [4.69, 9.17) is 4.98 Å². The van der Waals surface area contributed by atoms with Gasteiger partial charge in [-0.25, -0.2) is 4.98 Å². The predicted molar refractivity (Wildman–Crippen MR) is 179 cm³/mol. The topological polar surface area (TPSA) is 27.2 Å². The smallest absolute Gasteiger partial charge is 0.145 e. The van der Waals surface area contributed by atoms with Gasteiger partial charge in [0.1, 0.15) is 5.65 Å². The Hall–Kier alpha value is -5.87. The van der Waals surface area contributed by atoms with Gasteiger partial charge < -0.3 is 9.13 Å². The van der Waals surface area contributed by atoms with Gasteiger partial charge in [0, 0.05) is 56.1 Å². The molecule has 0 radical (unpaired) electrons. The summed E-state index contributed by atoms with van der Waals surface area (Å²) in [6, 6.07) is 48.0. The number of pyridine rings is 1. The molecule has 0 unspecified atom stereocenters. The van der Waals surface area contributed by atoms with Crippen molar-refractivity contribution in [3.63, 3.8) is 0 Å². The minimum atomic E-state index is 0.974. The predicted octanol–water partition coefficient (Wildman–Crippen LogP) is 9.83. The van der Waals surface area contributed by atoms with E-state index in [-0.39, 0.29) is 0 Å². The molecule has 0 amide bonds. The molecule has 4 nitrogen and oxygen atoms in total. The number of nitrogens with zero attached hydrogens (tertiary/aromatic N) is 4. The first-order valence-corrected chi connectivity index (χ1v) is 14.7. The number of benzene rings is 6. The molecule has 200 valence electrons. The van der Waals surface area contributed by atoms with Crippen LogP contribution >= 0.6 is 0 Å². The molecule has 4 heteroatoms. The summed E-state index contributed by atoms with van der Waals surface area (Å²) >= 11 is 0. The first-order chi connectivity index (χ1) is 21.4. The highest BCUT2D eigenvalue weighted by molar-refractivity contribution is 6.31. The normalized spacial score (nSPS) is 12.2. The van der Waals surface area contributed by atoms with E-state index < -0.39 is 0 Å². The van der Waals surface area contributed by atoms with Crippen LogP contribution in [0, 0.1) is 0 Å². The Morgan fingerprint density at radius 3 is 1.72 bits per heavy atom. The number of hydrogen-bond donors (Lipinski definition) is 0. The molecule has 4 heterocycles. The van der Waals surface area contributed by atoms with E-state index in [9.17, 15) is 0 Å². The maximum Gasteiger partial charge on any atom is 0.145 e. The summed E-state index contributed by atoms with van der Waals surface area (Å²) < 4.78 is 7.11. The Kier molecular flexibility index (Phi) is 4.42. The second-order valence-electron chi connectivity index (χ2n) is 11.2. The van der Waals surface area contributed by atoms with Crippen molar-refractivity contribution >= 4 is 70.9 Å². The van der Waals surface area contributed by atoms with Gasteiger partial charge in [0.05, 0.1) is 27.6 Å². The zero-order valence-electron chi connectivity index (χ0n) is 23.1. The Balaban J connectivity index is 1.46. The quantitative estimate of drug-likeness (QED) is 0.198. The molecule has 0 aliphatic carbocycles. The second kappa shape index (κ2) is 8.34. The number of para-hydroxylation sites is 4. The van der Waals surface area contributed by atoms with Gasteiger partial charge in [-0.15, -0.1) is 0 Å². The van der Waals surface area contributed by atoms with E-state index >= 15 is 0 Å². The van der Waals surface area contributed by atoms with Gasteiger partial charge in [0.25, 0.3) is 0 Å². The lowest BCUT2D eigenvalue weighted by Crippen LogP contribution is -1.98. The Morgan fingerprint density at radius 2 is 0.977 bits per heavy atom. The lowest BCUT2D eigenvalue weighted by Gasteiger charge is -2.14. The van der Waals surface area contributed by atoms with Crippen LogP contribution in [0.25, 0.3) is 82.3 Å². The first kappa shape index (κ1) is 22.8. The second-order valence-corrected chi connectivity index (χ2v) is 11.2. The average Bonchev–Trinajstić information content (AvgIpc) is 3.78. The summed E-state index contributed by atoms with van der Waals surface area (Å²) in [7, 11) is 0. The molecule has 6 aromatic carbocycles. The van der Waals surface area contributed by atoms with Crippen molar-refractivity contribution in [3.8, 4) is 11.4 Å². The fraction of sp³-hybridized carbons (Fsp3) is 0. The van der Waals surface area contributed by atoms with Crippen molar-refractivity contribution in [2.75, 3.05) is 0 Å². The van der Waals surface area contributed by atoms with Crippen LogP contribution in [0.3, 0.4) is 0 Å². The van der Waals surface area contributed by atoms with Crippen molar-refractivity contribution in [2.24, 2.45) is 0 Å². The van der Waals surface area contributed by atoms with Gasteiger partial charge in [-0.05, 0) is 47.9 Å². The molecular formula is C39H24N4. The van der Waals surface area contributed by atoms with Crippen molar-refractivity contribution in [3.05, 3.63) is 146 Å². The molecule has 10 aromatic rings. The molecule has 4 aromatic heterocycles. The van der Waals surface area contributed by atoms with E-state index in [1.165, 1.54) is 65.3 Å². The number of aromatic nitrogens is 4. The van der Waals surface area contributed by atoms with E-state index in [1.54, 1.807) is 0 Å². The molecule has 0 fully saturated rings. The number of fused-ring (bicyclic) bond motifs is 14. The number of hydrogen-bond acceptors (Lipinski definition) is 1. The number of rotatable bonds is 2. The SMILES string of the molecule is c1ccc(-n2c3ccccc3c3c4c(ccc32)c2ccc3c5ccccc5n(-c5ccccc5)c3c2n2ccnc42)cc1. The van der Waals surface area contributed by atoms with Crippen molar-refractivity contribution in [1.82, 2.24) is 18.5 Å². The van der Waals surface area contributed by atoms with Gasteiger partial charge in [0.15, 0.2) is 0 Å². The molecule has 0 spiro atoms. The molecule has 0 atom stereocenters. The fourth-order valence-corrected chi connectivity index (χ4v) is 7.39. The maximum atomic E-state index is 5.04. The highest BCUT2D eigenvalue weighted by atomic mass is 15.0. The zero-order valence-corrected chi connectivity index (χ0v) is 23.1. The van der Waals surface area contributed by atoms with Crippen LogP contribution in [-0.4, -0.2) is 18.5 Å². The monoisotopic (exact) mass is 548 g/mol. The van der Waals surface area contributed by atoms with E-state index in [0.717, 1.165) is 17.0 Å². The molecule has 0 aliphatic rings.